The molecule has 4 nitrogen and oxygen atoms in total. The molecular weight excluding hydrogens is 360 g/mol. The first-order chi connectivity index (χ1) is 12.9. The maximum Gasteiger partial charge on any atom is 0.255 e. The first kappa shape index (κ1) is 18.0. The van der Waals surface area contributed by atoms with Crippen molar-refractivity contribution in [2.45, 2.75) is 25.9 Å². The summed E-state index contributed by atoms with van der Waals surface area (Å²) in [7, 11) is 0. The summed E-state index contributed by atoms with van der Waals surface area (Å²) in [5.74, 6) is -0.107. The Balaban J connectivity index is 1.63. The van der Waals surface area contributed by atoms with Crippen LogP contribution in [0, 0.1) is 13.8 Å². The highest BCUT2D eigenvalue weighted by molar-refractivity contribution is 6.31. The number of aromatic nitrogens is 1. The van der Waals surface area contributed by atoms with Gasteiger partial charge in [-0.1, -0.05) is 41.4 Å². The minimum Gasteiger partial charge on any atom is -0.383 e. The second-order valence-corrected chi connectivity index (χ2v) is 7.77. The normalized spacial score (nSPS) is 19.6. The van der Waals surface area contributed by atoms with Gasteiger partial charge in [-0.25, -0.2) is 0 Å². The SMILES string of the molecule is Cc1ccc([C@@]2(O)CCN(C(=O)c3cc4cc(Cl)ccc4nc3C)C2)cc1. The largest absolute Gasteiger partial charge is 0.383 e. The van der Waals surface area contributed by atoms with Gasteiger partial charge < -0.3 is 10.0 Å². The number of pyridine rings is 1. The molecule has 5 heteroatoms. The van der Waals surface area contributed by atoms with Crippen LogP contribution in [0.1, 0.15) is 33.6 Å². The monoisotopic (exact) mass is 380 g/mol. The molecule has 1 amide bonds. The van der Waals surface area contributed by atoms with Crippen molar-refractivity contribution in [3.8, 4) is 0 Å². The summed E-state index contributed by atoms with van der Waals surface area (Å²) in [4.78, 5) is 19.4. The number of aryl methyl sites for hydroxylation is 2. The zero-order valence-corrected chi connectivity index (χ0v) is 16.1. The van der Waals surface area contributed by atoms with Gasteiger partial charge >= 0.3 is 0 Å². The van der Waals surface area contributed by atoms with Gasteiger partial charge in [0.25, 0.3) is 5.91 Å². The van der Waals surface area contributed by atoms with Crippen LogP contribution in [0.4, 0.5) is 0 Å². The van der Waals surface area contributed by atoms with E-state index in [-0.39, 0.29) is 12.5 Å². The Morgan fingerprint density at radius 3 is 2.63 bits per heavy atom. The molecule has 1 aliphatic heterocycles. The Morgan fingerprint density at radius 2 is 1.89 bits per heavy atom. The van der Waals surface area contributed by atoms with Crippen LogP contribution in [0.15, 0.2) is 48.5 Å². The van der Waals surface area contributed by atoms with Crippen LogP contribution in [0.3, 0.4) is 0 Å². The van der Waals surface area contributed by atoms with E-state index in [4.69, 9.17) is 11.6 Å². The maximum atomic E-state index is 13.1. The van der Waals surface area contributed by atoms with Gasteiger partial charge in [-0.3, -0.25) is 9.78 Å². The summed E-state index contributed by atoms with van der Waals surface area (Å²) < 4.78 is 0. The predicted octanol–water partition coefficient (Wildman–Crippen LogP) is 4.24. The molecule has 138 valence electrons. The molecule has 3 aromatic rings. The number of carbonyl (C=O) groups is 1. The first-order valence-corrected chi connectivity index (χ1v) is 9.39. The minimum atomic E-state index is -1.01. The van der Waals surface area contributed by atoms with E-state index in [1.807, 2.05) is 56.3 Å². The molecule has 1 N–H and O–H groups in total. The highest BCUT2D eigenvalue weighted by atomic mass is 35.5. The van der Waals surface area contributed by atoms with E-state index in [9.17, 15) is 9.90 Å². The van der Waals surface area contributed by atoms with Crippen LogP contribution in [-0.4, -0.2) is 34.0 Å². The number of halogens is 1. The Kier molecular flexibility index (Phi) is 4.41. The van der Waals surface area contributed by atoms with Crippen LogP contribution < -0.4 is 0 Å². The first-order valence-electron chi connectivity index (χ1n) is 9.01. The summed E-state index contributed by atoms with van der Waals surface area (Å²) in [6.45, 7) is 4.64. The molecule has 0 unspecified atom stereocenters. The lowest BCUT2D eigenvalue weighted by Crippen LogP contribution is -2.34. The number of benzene rings is 2. The van der Waals surface area contributed by atoms with Gasteiger partial charge in [0.1, 0.15) is 5.60 Å². The number of fused-ring (bicyclic) bond motifs is 1. The van der Waals surface area contributed by atoms with Crippen molar-refractivity contribution in [2.75, 3.05) is 13.1 Å². The average Bonchev–Trinajstić information content (AvgIpc) is 3.05. The number of aliphatic hydroxyl groups is 1. The lowest BCUT2D eigenvalue weighted by Gasteiger charge is -2.24. The molecule has 2 heterocycles. The average molecular weight is 381 g/mol. The summed E-state index contributed by atoms with van der Waals surface area (Å²) in [5.41, 5.74) is 3.03. The van der Waals surface area contributed by atoms with Crippen molar-refractivity contribution in [2.24, 2.45) is 0 Å². The fraction of sp³-hybridized carbons (Fsp3) is 0.273. The fourth-order valence-electron chi connectivity index (χ4n) is 3.70. The quantitative estimate of drug-likeness (QED) is 0.723. The van der Waals surface area contributed by atoms with Crippen molar-refractivity contribution in [3.63, 3.8) is 0 Å². The third-order valence-corrected chi connectivity index (χ3v) is 5.56. The Labute approximate surface area is 163 Å². The number of nitrogens with zero attached hydrogens (tertiary/aromatic N) is 2. The van der Waals surface area contributed by atoms with Gasteiger partial charge in [-0.05, 0) is 50.1 Å². The number of hydrogen-bond acceptors (Lipinski definition) is 3. The van der Waals surface area contributed by atoms with Crippen LogP contribution in [-0.2, 0) is 5.60 Å². The van der Waals surface area contributed by atoms with Crippen LogP contribution >= 0.6 is 11.6 Å². The van der Waals surface area contributed by atoms with Crippen molar-refractivity contribution >= 4 is 28.4 Å². The number of amides is 1. The zero-order valence-electron chi connectivity index (χ0n) is 15.4. The van der Waals surface area contributed by atoms with Gasteiger partial charge in [-0.2, -0.15) is 0 Å². The lowest BCUT2D eigenvalue weighted by atomic mass is 9.92. The highest BCUT2D eigenvalue weighted by Crippen LogP contribution is 2.33. The summed E-state index contributed by atoms with van der Waals surface area (Å²) in [5, 5.41) is 12.5. The van der Waals surface area contributed by atoms with Crippen LogP contribution in [0.5, 0.6) is 0 Å². The third-order valence-electron chi connectivity index (χ3n) is 5.32. The molecule has 0 aliphatic carbocycles. The number of β-amino-alcohol motifs (C(OH)–C–C–N with tert-alkyl or cyclic N) is 1. The van der Waals surface area contributed by atoms with E-state index in [0.29, 0.717) is 29.2 Å². The molecule has 1 saturated heterocycles. The van der Waals surface area contributed by atoms with E-state index < -0.39 is 5.60 Å². The molecule has 1 atom stereocenters. The fourth-order valence-corrected chi connectivity index (χ4v) is 3.88. The molecule has 2 aromatic carbocycles. The molecule has 1 aliphatic rings. The van der Waals surface area contributed by atoms with Gasteiger partial charge in [0, 0.05) is 17.0 Å². The summed E-state index contributed by atoms with van der Waals surface area (Å²) in [6, 6.07) is 15.1. The molecule has 1 aromatic heterocycles. The van der Waals surface area contributed by atoms with Gasteiger partial charge in [-0.15, -0.1) is 0 Å². The van der Waals surface area contributed by atoms with E-state index in [1.54, 1.807) is 11.0 Å². The van der Waals surface area contributed by atoms with Crippen molar-refractivity contribution < 1.29 is 9.90 Å². The van der Waals surface area contributed by atoms with E-state index in [2.05, 4.69) is 4.98 Å². The topological polar surface area (TPSA) is 53.4 Å². The van der Waals surface area contributed by atoms with E-state index in [1.165, 1.54) is 0 Å². The second-order valence-electron chi connectivity index (χ2n) is 7.33. The van der Waals surface area contributed by atoms with Crippen LogP contribution in [0.2, 0.25) is 5.02 Å². The van der Waals surface area contributed by atoms with Gasteiger partial charge in [0.05, 0.1) is 23.3 Å². The number of rotatable bonds is 2. The van der Waals surface area contributed by atoms with Gasteiger partial charge in [0.15, 0.2) is 0 Å². The zero-order chi connectivity index (χ0) is 19.2. The molecule has 0 radical (unpaired) electrons. The van der Waals surface area contributed by atoms with Crippen molar-refractivity contribution in [1.29, 1.82) is 0 Å². The Morgan fingerprint density at radius 1 is 1.15 bits per heavy atom. The third kappa shape index (κ3) is 3.31. The van der Waals surface area contributed by atoms with Crippen molar-refractivity contribution in [1.82, 2.24) is 9.88 Å². The standard InChI is InChI=1S/C22H21ClN2O2/c1-14-3-5-17(6-4-14)22(27)9-10-25(13-22)21(26)19-12-16-11-18(23)7-8-20(16)24-15(19)2/h3-8,11-12,27H,9-10,13H2,1-2H3/t22-/m1/s1. The number of carbonyl (C=O) groups excluding carboxylic acids is 1. The van der Waals surface area contributed by atoms with Crippen LogP contribution in [0.25, 0.3) is 10.9 Å². The second kappa shape index (κ2) is 6.63. The molecule has 27 heavy (non-hydrogen) atoms. The molecule has 0 bridgehead atoms. The van der Waals surface area contributed by atoms with Gasteiger partial charge in [0.2, 0.25) is 0 Å². The van der Waals surface area contributed by atoms with Crippen molar-refractivity contribution in [3.05, 3.63) is 75.9 Å². The Bertz CT molecular complexity index is 1030. The smallest absolute Gasteiger partial charge is 0.255 e. The molecule has 0 spiro atoms. The predicted molar refractivity (Wildman–Crippen MR) is 107 cm³/mol. The summed E-state index contributed by atoms with van der Waals surface area (Å²) >= 11 is 6.08. The van der Waals surface area contributed by atoms with E-state index in [0.717, 1.165) is 22.0 Å². The highest BCUT2D eigenvalue weighted by Gasteiger charge is 2.40. The number of hydrogen-bond donors (Lipinski definition) is 1. The lowest BCUT2D eigenvalue weighted by molar-refractivity contribution is 0.0417. The molecule has 0 saturated carbocycles. The minimum absolute atomic E-state index is 0.107. The summed E-state index contributed by atoms with van der Waals surface area (Å²) in [6.07, 6.45) is 0.522. The van der Waals surface area contributed by atoms with E-state index >= 15 is 0 Å². The molecule has 1 fully saturated rings. The molecular formula is C22H21ClN2O2. The maximum absolute atomic E-state index is 13.1. The molecule has 4 rings (SSSR count). The number of likely N-dealkylation sites (tertiary alicyclic amines) is 1. The Hall–Kier alpha value is -2.43.